The van der Waals surface area contributed by atoms with Crippen LogP contribution < -0.4 is 10.1 Å². The van der Waals surface area contributed by atoms with Gasteiger partial charge in [0, 0.05) is 5.69 Å². The molecule has 0 aliphatic heterocycles. The number of nitrogens with zero attached hydrogens (tertiary/aromatic N) is 1. The second-order valence-corrected chi connectivity index (χ2v) is 4.40. The van der Waals surface area contributed by atoms with Gasteiger partial charge in [0.05, 0.1) is 12.8 Å². The van der Waals surface area contributed by atoms with Crippen molar-refractivity contribution in [1.29, 1.82) is 0 Å². The van der Waals surface area contributed by atoms with Crippen LogP contribution in [-0.2, 0) is 0 Å². The van der Waals surface area contributed by atoms with Gasteiger partial charge in [-0.25, -0.2) is 4.79 Å². The van der Waals surface area contributed by atoms with Crippen LogP contribution in [-0.4, -0.2) is 22.6 Å². The Morgan fingerprint density at radius 2 is 2.06 bits per heavy atom. The molecule has 0 saturated heterocycles. The molecule has 1 aromatic heterocycles. The molecule has 0 amide bonds. The average Bonchev–Trinajstić information content (AvgIpc) is 2.71. The van der Waals surface area contributed by atoms with Crippen LogP contribution in [0.4, 0.5) is 10.7 Å². The van der Waals surface area contributed by atoms with Crippen LogP contribution in [0.5, 0.6) is 5.75 Å². The van der Waals surface area contributed by atoms with E-state index >= 15 is 0 Å². The first kappa shape index (κ1) is 12.4. The van der Waals surface area contributed by atoms with Crippen LogP contribution in [0.3, 0.4) is 0 Å². The predicted octanol–water partition coefficient (Wildman–Crippen LogP) is 2.90. The van der Waals surface area contributed by atoms with Crippen molar-refractivity contribution < 1.29 is 14.6 Å². The van der Waals surface area contributed by atoms with Crippen molar-refractivity contribution >= 4 is 28.2 Å². The number of carboxylic acids is 1. The maximum Gasteiger partial charge on any atom is 0.340 e. The smallest absolute Gasteiger partial charge is 0.340 e. The van der Waals surface area contributed by atoms with Crippen LogP contribution in [0.15, 0.2) is 24.3 Å². The molecule has 18 heavy (non-hydrogen) atoms. The molecule has 0 aliphatic carbocycles. The summed E-state index contributed by atoms with van der Waals surface area (Å²) >= 11 is 1.14. The van der Waals surface area contributed by atoms with Crippen LogP contribution in [0.1, 0.15) is 16.1 Å². The molecule has 0 unspecified atom stereocenters. The molecule has 2 aromatic rings. The van der Waals surface area contributed by atoms with E-state index in [9.17, 15) is 4.79 Å². The summed E-state index contributed by atoms with van der Waals surface area (Å²) < 4.78 is 9.10. The van der Waals surface area contributed by atoms with Crippen LogP contribution in [0.2, 0.25) is 0 Å². The number of aromatic carboxylic acids is 1. The molecule has 1 heterocycles. The Bertz CT molecular complexity index is 563. The van der Waals surface area contributed by atoms with E-state index in [2.05, 4.69) is 9.69 Å². The third-order valence-electron chi connectivity index (χ3n) is 2.42. The highest BCUT2D eigenvalue weighted by Crippen LogP contribution is 2.28. The van der Waals surface area contributed by atoms with Crippen molar-refractivity contribution in [3.05, 3.63) is 35.5 Å². The Morgan fingerprint density at radius 1 is 1.39 bits per heavy atom. The van der Waals surface area contributed by atoms with Crippen molar-refractivity contribution in [2.45, 2.75) is 6.92 Å². The Morgan fingerprint density at radius 3 is 2.61 bits per heavy atom. The van der Waals surface area contributed by atoms with Gasteiger partial charge >= 0.3 is 5.97 Å². The van der Waals surface area contributed by atoms with Crippen LogP contribution in [0.25, 0.3) is 0 Å². The van der Waals surface area contributed by atoms with E-state index in [-0.39, 0.29) is 5.56 Å². The summed E-state index contributed by atoms with van der Waals surface area (Å²) in [6, 6.07) is 7.24. The maximum atomic E-state index is 11.1. The number of hydrogen-bond donors (Lipinski definition) is 2. The van der Waals surface area contributed by atoms with E-state index in [1.165, 1.54) is 0 Å². The first-order valence-corrected chi connectivity index (χ1v) is 6.00. The van der Waals surface area contributed by atoms with Gasteiger partial charge in [-0.15, -0.1) is 0 Å². The minimum atomic E-state index is -0.975. The molecule has 0 atom stereocenters. The molecular formula is C12H12N2O3S. The van der Waals surface area contributed by atoms with Gasteiger partial charge in [0.15, 0.2) is 0 Å². The topological polar surface area (TPSA) is 71.5 Å². The number of anilines is 2. The highest BCUT2D eigenvalue weighted by molar-refractivity contribution is 7.10. The average molecular weight is 264 g/mol. The van der Waals surface area contributed by atoms with Gasteiger partial charge in [0.25, 0.3) is 0 Å². The zero-order chi connectivity index (χ0) is 13.1. The summed E-state index contributed by atoms with van der Waals surface area (Å²) in [7, 11) is 1.59. The fraction of sp³-hybridized carbons (Fsp3) is 0.167. The maximum absolute atomic E-state index is 11.1. The first-order valence-electron chi connectivity index (χ1n) is 5.22. The lowest BCUT2D eigenvalue weighted by Gasteiger charge is -2.05. The highest BCUT2D eigenvalue weighted by atomic mass is 32.1. The van der Waals surface area contributed by atoms with Gasteiger partial charge in [-0.3, -0.25) is 0 Å². The largest absolute Gasteiger partial charge is 0.497 e. The van der Waals surface area contributed by atoms with E-state index < -0.39 is 5.97 Å². The van der Waals surface area contributed by atoms with Gasteiger partial charge in [-0.1, -0.05) is 0 Å². The SMILES string of the molecule is COc1ccc(Nc2snc(C)c2C(=O)O)cc1. The van der Waals surface area contributed by atoms with E-state index in [4.69, 9.17) is 9.84 Å². The lowest BCUT2D eigenvalue weighted by atomic mass is 10.2. The van der Waals surface area contributed by atoms with Gasteiger partial charge in [0.1, 0.15) is 16.3 Å². The minimum Gasteiger partial charge on any atom is -0.497 e. The fourth-order valence-electron chi connectivity index (χ4n) is 1.51. The van der Waals surface area contributed by atoms with E-state index in [1.54, 1.807) is 26.2 Å². The monoisotopic (exact) mass is 264 g/mol. The Labute approximate surface area is 108 Å². The molecular weight excluding hydrogens is 252 g/mol. The van der Waals surface area contributed by atoms with E-state index in [0.717, 1.165) is 23.0 Å². The number of ether oxygens (including phenoxy) is 1. The summed E-state index contributed by atoms with van der Waals surface area (Å²) in [5.74, 6) is -0.225. The summed E-state index contributed by atoms with van der Waals surface area (Å²) in [6.45, 7) is 1.68. The second kappa shape index (κ2) is 5.05. The van der Waals surface area contributed by atoms with Gasteiger partial charge < -0.3 is 15.2 Å². The van der Waals surface area contributed by atoms with Crippen molar-refractivity contribution in [2.24, 2.45) is 0 Å². The molecule has 0 radical (unpaired) electrons. The Hall–Kier alpha value is -2.08. The first-order chi connectivity index (χ1) is 8.61. The van der Waals surface area contributed by atoms with Crippen molar-refractivity contribution in [1.82, 2.24) is 4.37 Å². The van der Waals surface area contributed by atoms with E-state index in [1.807, 2.05) is 12.1 Å². The standard InChI is InChI=1S/C12H12N2O3S/c1-7-10(12(15)16)11(18-14-7)13-8-3-5-9(17-2)6-4-8/h3-6,13H,1-2H3,(H,15,16). The predicted molar refractivity (Wildman–Crippen MR) is 70.1 cm³/mol. The number of carbonyl (C=O) groups is 1. The molecule has 0 bridgehead atoms. The number of carboxylic acid groups (broad SMARTS) is 1. The summed E-state index contributed by atoms with van der Waals surface area (Å²) in [5.41, 5.74) is 1.53. The normalized spacial score (nSPS) is 10.1. The number of nitrogens with one attached hydrogen (secondary N) is 1. The Kier molecular flexibility index (Phi) is 3.47. The Balaban J connectivity index is 2.25. The molecule has 0 aliphatic rings. The van der Waals surface area contributed by atoms with E-state index in [0.29, 0.717) is 10.7 Å². The van der Waals surface area contributed by atoms with Crippen molar-refractivity contribution in [3.8, 4) is 5.75 Å². The molecule has 2 rings (SSSR count). The highest BCUT2D eigenvalue weighted by Gasteiger charge is 2.17. The van der Waals surface area contributed by atoms with Crippen molar-refractivity contribution in [3.63, 3.8) is 0 Å². The molecule has 0 spiro atoms. The number of hydrogen-bond acceptors (Lipinski definition) is 5. The molecule has 94 valence electrons. The molecule has 6 heteroatoms. The number of aromatic nitrogens is 1. The van der Waals surface area contributed by atoms with Crippen LogP contribution >= 0.6 is 11.5 Å². The lowest BCUT2D eigenvalue weighted by Crippen LogP contribution is -2.01. The third-order valence-corrected chi connectivity index (χ3v) is 3.28. The molecule has 0 saturated carbocycles. The number of methoxy groups -OCH3 is 1. The number of rotatable bonds is 4. The molecule has 1 aromatic carbocycles. The summed E-state index contributed by atoms with van der Waals surface area (Å²) in [6.07, 6.45) is 0. The van der Waals surface area contributed by atoms with Crippen LogP contribution in [0, 0.1) is 6.92 Å². The summed E-state index contributed by atoms with van der Waals surface area (Å²) in [5, 5.41) is 12.7. The number of aryl methyl sites for hydroxylation is 1. The second-order valence-electron chi connectivity index (χ2n) is 3.63. The molecule has 5 nitrogen and oxygen atoms in total. The molecule has 0 fully saturated rings. The summed E-state index contributed by atoms with van der Waals surface area (Å²) in [4.78, 5) is 11.1. The van der Waals surface area contributed by atoms with Gasteiger partial charge in [-0.05, 0) is 42.7 Å². The zero-order valence-corrected chi connectivity index (χ0v) is 10.7. The lowest BCUT2D eigenvalue weighted by molar-refractivity contribution is 0.0697. The minimum absolute atomic E-state index is 0.218. The van der Waals surface area contributed by atoms with Gasteiger partial charge in [0.2, 0.25) is 0 Å². The zero-order valence-electron chi connectivity index (χ0n) is 9.93. The number of benzene rings is 1. The quantitative estimate of drug-likeness (QED) is 0.888. The molecule has 2 N–H and O–H groups in total. The fourth-order valence-corrected chi connectivity index (χ4v) is 2.32. The van der Waals surface area contributed by atoms with Crippen molar-refractivity contribution in [2.75, 3.05) is 12.4 Å². The third kappa shape index (κ3) is 2.43. The van der Waals surface area contributed by atoms with Gasteiger partial charge in [-0.2, -0.15) is 4.37 Å².